The molecule has 0 aliphatic carbocycles. The number of hydrogen-bond acceptors (Lipinski definition) is 6. The number of allylic oxidation sites excluding steroid dienone is 14. The van der Waals surface area contributed by atoms with Crippen LogP contribution in [0.1, 0.15) is 355 Å². The number of carbonyl (C=O) groups excluding carboxylic acids is 3. The maximum atomic E-state index is 12.9. The number of hydrogen-bond donors (Lipinski definition) is 0. The predicted molar refractivity (Wildman–Crippen MR) is 353 cm³/mol. The van der Waals surface area contributed by atoms with E-state index in [4.69, 9.17) is 14.2 Å². The molecule has 0 bridgehead atoms. The molecule has 0 rings (SSSR count). The molecule has 0 saturated heterocycles. The standard InChI is InChI=1S/C75H132O6/c1-4-7-10-13-16-19-22-25-27-29-31-33-34-35-36-37-38-39-40-41-43-44-46-48-50-53-56-59-62-65-68-74(77)80-71-72(70-79-73(76)67-64-61-58-55-52-24-21-18-15-12-9-6-3)81-75(78)69-66-63-60-57-54-51-49-47-45-42-32-30-28-26-23-20-17-14-11-8-5-2/h8,11,17-18,20-21,26,28,32,42,47,49,54,57,72H,4-7,9-10,12-16,19,22-25,27,29-31,33-41,43-46,48,50-53,55-56,58-71H2,1-3H3/b11-8-,20-17-,21-18-,28-26-,42-32-,49-47-,57-54-. The first-order valence-corrected chi connectivity index (χ1v) is 35.1. The van der Waals surface area contributed by atoms with E-state index >= 15 is 0 Å². The molecule has 0 heterocycles. The molecule has 0 N–H and O–H groups in total. The molecule has 6 nitrogen and oxygen atoms in total. The number of carbonyl (C=O) groups is 3. The average Bonchev–Trinajstić information content (AvgIpc) is 3.47. The molecule has 6 heteroatoms. The van der Waals surface area contributed by atoms with Crippen LogP contribution in [-0.2, 0) is 28.6 Å². The molecule has 0 aromatic carbocycles. The molecule has 0 amide bonds. The van der Waals surface area contributed by atoms with Crippen LogP contribution >= 0.6 is 0 Å². The summed E-state index contributed by atoms with van der Waals surface area (Å²) in [5, 5.41) is 0. The number of unbranched alkanes of at least 4 members (excludes halogenated alkanes) is 39. The van der Waals surface area contributed by atoms with Crippen molar-refractivity contribution in [2.75, 3.05) is 13.2 Å². The van der Waals surface area contributed by atoms with Crippen molar-refractivity contribution in [2.24, 2.45) is 0 Å². The third-order valence-corrected chi connectivity index (χ3v) is 15.4. The van der Waals surface area contributed by atoms with Crippen molar-refractivity contribution in [3.63, 3.8) is 0 Å². The van der Waals surface area contributed by atoms with Crippen LogP contribution in [0.4, 0.5) is 0 Å². The highest BCUT2D eigenvalue weighted by atomic mass is 16.6. The lowest BCUT2D eigenvalue weighted by Crippen LogP contribution is -2.30. The van der Waals surface area contributed by atoms with Crippen molar-refractivity contribution in [3.05, 3.63) is 85.1 Å². The Hall–Kier alpha value is -3.41. The van der Waals surface area contributed by atoms with Gasteiger partial charge >= 0.3 is 17.9 Å². The molecule has 0 spiro atoms. The van der Waals surface area contributed by atoms with E-state index in [2.05, 4.69) is 106 Å². The van der Waals surface area contributed by atoms with Crippen molar-refractivity contribution in [2.45, 2.75) is 361 Å². The fraction of sp³-hybridized carbons (Fsp3) is 0.773. The third kappa shape index (κ3) is 67.3. The Morgan fingerprint density at radius 1 is 0.259 bits per heavy atom. The molecule has 0 saturated carbocycles. The maximum absolute atomic E-state index is 12.9. The summed E-state index contributed by atoms with van der Waals surface area (Å²) in [5.41, 5.74) is 0. The van der Waals surface area contributed by atoms with Gasteiger partial charge in [0.1, 0.15) is 13.2 Å². The van der Waals surface area contributed by atoms with Crippen molar-refractivity contribution in [1.82, 2.24) is 0 Å². The summed E-state index contributed by atoms with van der Waals surface area (Å²) in [6.07, 6.45) is 92.0. The average molecular weight is 1130 g/mol. The van der Waals surface area contributed by atoms with Crippen LogP contribution in [0, 0.1) is 0 Å². The van der Waals surface area contributed by atoms with Gasteiger partial charge in [-0.05, 0) is 96.3 Å². The van der Waals surface area contributed by atoms with E-state index in [0.717, 1.165) is 96.3 Å². The van der Waals surface area contributed by atoms with E-state index in [0.29, 0.717) is 19.3 Å². The normalized spacial score (nSPS) is 12.6. The van der Waals surface area contributed by atoms with Gasteiger partial charge in [-0.3, -0.25) is 14.4 Å². The van der Waals surface area contributed by atoms with Crippen LogP contribution < -0.4 is 0 Å². The summed E-state index contributed by atoms with van der Waals surface area (Å²) in [7, 11) is 0. The van der Waals surface area contributed by atoms with Gasteiger partial charge in [0.2, 0.25) is 0 Å². The van der Waals surface area contributed by atoms with Crippen LogP contribution in [0.3, 0.4) is 0 Å². The van der Waals surface area contributed by atoms with E-state index in [9.17, 15) is 14.4 Å². The second-order valence-corrected chi connectivity index (χ2v) is 23.4. The summed E-state index contributed by atoms with van der Waals surface area (Å²) in [5.74, 6) is -0.933. The molecule has 0 aliphatic heterocycles. The Labute approximate surface area is 503 Å². The molecule has 1 atom stereocenters. The lowest BCUT2D eigenvalue weighted by Gasteiger charge is -2.18. The second-order valence-electron chi connectivity index (χ2n) is 23.4. The predicted octanol–water partition coefficient (Wildman–Crippen LogP) is 24.2. The van der Waals surface area contributed by atoms with Gasteiger partial charge in [-0.1, -0.05) is 324 Å². The third-order valence-electron chi connectivity index (χ3n) is 15.4. The first-order chi connectivity index (χ1) is 40.0. The molecule has 0 radical (unpaired) electrons. The minimum atomic E-state index is -0.804. The number of ether oxygens (including phenoxy) is 3. The van der Waals surface area contributed by atoms with Crippen LogP contribution in [0.5, 0.6) is 0 Å². The van der Waals surface area contributed by atoms with E-state index in [-0.39, 0.29) is 37.5 Å². The van der Waals surface area contributed by atoms with Gasteiger partial charge in [-0.25, -0.2) is 0 Å². The highest BCUT2D eigenvalue weighted by molar-refractivity contribution is 5.71. The van der Waals surface area contributed by atoms with E-state index in [1.54, 1.807) is 0 Å². The van der Waals surface area contributed by atoms with Crippen molar-refractivity contribution in [1.29, 1.82) is 0 Å². The lowest BCUT2D eigenvalue weighted by molar-refractivity contribution is -0.167. The van der Waals surface area contributed by atoms with Crippen LogP contribution in [-0.4, -0.2) is 37.2 Å². The van der Waals surface area contributed by atoms with Gasteiger partial charge in [0, 0.05) is 19.3 Å². The zero-order valence-electron chi connectivity index (χ0n) is 53.8. The summed E-state index contributed by atoms with van der Waals surface area (Å²) >= 11 is 0. The Morgan fingerprint density at radius 2 is 0.481 bits per heavy atom. The van der Waals surface area contributed by atoms with Gasteiger partial charge in [0.15, 0.2) is 6.10 Å². The molecule has 0 aliphatic rings. The molecular weight excluding hydrogens is 997 g/mol. The molecule has 81 heavy (non-hydrogen) atoms. The van der Waals surface area contributed by atoms with Gasteiger partial charge in [0.05, 0.1) is 0 Å². The first-order valence-electron chi connectivity index (χ1n) is 35.1. The quantitative estimate of drug-likeness (QED) is 0.0261. The fourth-order valence-corrected chi connectivity index (χ4v) is 10.2. The largest absolute Gasteiger partial charge is 0.462 e. The van der Waals surface area contributed by atoms with Crippen molar-refractivity contribution in [3.8, 4) is 0 Å². The van der Waals surface area contributed by atoms with Crippen LogP contribution in [0.15, 0.2) is 85.1 Å². The van der Waals surface area contributed by atoms with Gasteiger partial charge in [-0.2, -0.15) is 0 Å². The molecule has 468 valence electrons. The van der Waals surface area contributed by atoms with Gasteiger partial charge < -0.3 is 14.2 Å². The summed E-state index contributed by atoms with van der Waals surface area (Å²) in [6, 6.07) is 0. The smallest absolute Gasteiger partial charge is 0.306 e. The topological polar surface area (TPSA) is 78.9 Å². The summed E-state index contributed by atoms with van der Waals surface area (Å²) in [4.78, 5) is 38.3. The molecular formula is C75H132O6. The number of rotatable bonds is 64. The maximum Gasteiger partial charge on any atom is 0.306 e. The highest BCUT2D eigenvalue weighted by Crippen LogP contribution is 2.18. The van der Waals surface area contributed by atoms with E-state index < -0.39 is 6.10 Å². The van der Waals surface area contributed by atoms with Gasteiger partial charge in [0.25, 0.3) is 0 Å². The monoisotopic (exact) mass is 1130 g/mol. The molecule has 0 aromatic rings. The summed E-state index contributed by atoms with van der Waals surface area (Å²) < 4.78 is 16.9. The zero-order chi connectivity index (χ0) is 58.5. The molecule has 0 fully saturated rings. The second kappa shape index (κ2) is 69.1. The van der Waals surface area contributed by atoms with E-state index in [1.165, 1.54) is 212 Å². The Balaban J connectivity index is 4.24. The minimum absolute atomic E-state index is 0.0942. The highest BCUT2D eigenvalue weighted by Gasteiger charge is 2.19. The first kappa shape index (κ1) is 77.6. The lowest BCUT2D eigenvalue weighted by atomic mass is 10.0. The minimum Gasteiger partial charge on any atom is -0.462 e. The molecule has 1 unspecified atom stereocenters. The SMILES string of the molecule is CC/C=C\C/C=C\C/C=C\C/C=C\C/C=C\C/C=C\CCCCC(=O)OC(COC(=O)CCCCCCC/C=C\CCCCC)COC(=O)CCCCCCCCCCCCCCCCCCCCCCCCCCCCCCCC. The zero-order valence-corrected chi connectivity index (χ0v) is 53.8. The van der Waals surface area contributed by atoms with Crippen LogP contribution in [0.25, 0.3) is 0 Å². The molecule has 0 aromatic heterocycles. The van der Waals surface area contributed by atoms with Crippen molar-refractivity contribution < 1.29 is 28.6 Å². The fourth-order valence-electron chi connectivity index (χ4n) is 10.2. The number of esters is 3. The van der Waals surface area contributed by atoms with Crippen LogP contribution in [0.2, 0.25) is 0 Å². The summed E-state index contributed by atoms with van der Waals surface area (Å²) in [6.45, 7) is 6.50. The Morgan fingerprint density at radius 3 is 0.815 bits per heavy atom. The van der Waals surface area contributed by atoms with Gasteiger partial charge in [-0.15, -0.1) is 0 Å². The van der Waals surface area contributed by atoms with Crippen molar-refractivity contribution >= 4 is 17.9 Å². The Bertz CT molecular complexity index is 1530. The Kier molecular flexibility index (Phi) is 66.2. The van der Waals surface area contributed by atoms with E-state index in [1.807, 2.05) is 0 Å².